The Morgan fingerprint density at radius 2 is 1.85 bits per heavy atom. The highest BCUT2D eigenvalue weighted by atomic mass is 16.4. The fraction of sp³-hybridized carbons (Fsp3) is 0.312. The lowest BCUT2D eigenvalue weighted by atomic mass is 10.0. The van der Waals surface area contributed by atoms with Crippen LogP contribution in [0, 0.1) is 0 Å². The third-order valence-electron chi connectivity index (χ3n) is 3.56. The minimum atomic E-state index is 0.139. The number of anilines is 1. The van der Waals surface area contributed by atoms with Crippen LogP contribution in [0.4, 0.5) is 5.69 Å². The largest absolute Gasteiger partial charge is 0.409 e. The quantitative estimate of drug-likeness (QED) is 0.388. The lowest BCUT2D eigenvalue weighted by molar-refractivity contribution is 0.318. The van der Waals surface area contributed by atoms with E-state index < -0.39 is 0 Å². The van der Waals surface area contributed by atoms with Crippen LogP contribution in [0.2, 0.25) is 0 Å². The highest BCUT2D eigenvalue weighted by Crippen LogP contribution is 2.30. The average molecular weight is 271 g/mol. The molecule has 20 heavy (non-hydrogen) atoms. The zero-order valence-electron chi connectivity index (χ0n) is 12.2. The summed E-state index contributed by atoms with van der Waals surface area (Å²) in [6.45, 7) is 7.43. The Bertz CT molecular complexity index is 635. The van der Waals surface area contributed by atoms with E-state index in [0.717, 1.165) is 22.9 Å². The molecule has 2 aromatic rings. The molecule has 0 aliphatic heterocycles. The van der Waals surface area contributed by atoms with Crippen LogP contribution >= 0.6 is 0 Å². The third kappa shape index (κ3) is 2.41. The first-order valence-electron chi connectivity index (χ1n) is 6.86. The van der Waals surface area contributed by atoms with Crippen molar-refractivity contribution in [2.75, 3.05) is 11.4 Å². The fourth-order valence-electron chi connectivity index (χ4n) is 2.62. The summed E-state index contributed by atoms with van der Waals surface area (Å²) in [6.07, 6.45) is 0. The summed E-state index contributed by atoms with van der Waals surface area (Å²) in [5, 5.41) is 14.1. The SMILES string of the molecule is CCN(c1ccc(/C(N)=N/O)c2ccccc12)C(C)C. The van der Waals surface area contributed by atoms with Crippen molar-refractivity contribution in [1.82, 2.24) is 0 Å². The van der Waals surface area contributed by atoms with E-state index in [1.54, 1.807) is 0 Å². The molecule has 0 aromatic heterocycles. The molecule has 0 fully saturated rings. The molecule has 0 bridgehead atoms. The molecular formula is C16H21N3O. The molecule has 2 rings (SSSR count). The maximum atomic E-state index is 8.91. The number of rotatable bonds is 4. The van der Waals surface area contributed by atoms with Gasteiger partial charge in [-0.15, -0.1) is 0 Å². The van der Waals surface area contributed by atoms with Crippen molar-refractivity contribution in [2.24, 2.45) is 10.9 Å². The number of hydrogen-bond acceptors (Lipinski definition) is 3. The Balaban J connectivity index is 2.71. The van der Waals surface area contributed by atoms with Gasteiger partial charge in [-0.3, -0.25) is 0 Å². The zero-order chi connectivity index (χ0) is 14.7. The number of amidine groups is 1. The Labute approximate surface area is 119 Å². The minimum absolute atomic E-state index is 0.139. The summed E-state index contributed by atoms with van der Waals surface area (Å²) in [4.78, 5) is 2.33. The molecule has 0 aliphatic carbocycles. The van der Waals surface area contributed by atoms with E-state index in [-0.39, 0.29) is 5.84 Å². The predicted octanol–water partition coefficient (Wildman–Crippen LogP) is 3.17. The van der Waals surface area contributed by atoms with E-state index >= 15 is 0 Å². The van der Waals surface area contributed by atoms with E-state index in [1.807, 2.05) is 30.3 Å². The van der Waals surface area contributed by atoms with Crippen molar-refractivity contribution in [2.45, 2.75) is 26.8 Å². The molecular weight excluding hydrogens is 250 g/mol. The number of fused-ring (bicyclic) bond motifs is 1. The van der Waals surface area contributed by atoms with Crippen LogP contribution in [0.5, 0.6) is 0 Å². The molecule has 0 radical (unpaired) electrons. The van der Waals surface area contributed by atoms with Gasteiger partial charge in [-0.05, 0) is 38.3 Å². The molecule has 0 atom stereocenters. The summed E-state index contributed by atoms with van der Waals surface area (Å²) in [5.41, 5.74) is 7.70. The van der Waals surface area contributed by atoms with Crippen LogP contribution in [0.25, 0.3) is 10.8 Å². The van der Waals surface area contributed by atoms with Crippen LogP contribution in [0.3, 0.4) is 0 Å². The van der Waals surface area contributed by atoms with Crippen LogP contribution < -0.4 is 10.6 Å². The molecule has 106 valence electrons. The Kier molecular flexibility index (Phi) is 4.13. The molecule has 0 saturated carbocycles. The van der Waals surface area contributed by atoms with Gasteiger partial charge in [0.05, 0.1) is 0 Å². The van der Waals surface area contributed by atoms with Gasteiger partial charge in [-0.1, -0.05) is 29.4 Å². The van der Waals surface area contributed by atoms with Crippen LogP contribution in [-0.4, -0.2) is 23.6 Å². The molecule has 2 aromatic carbocycles. The second-order valence-corrected chi connectivity index (χ2v) is 5.04. The monoisotopic (exact) mass is 271 g/mol. The first-order valence-corrected chi connectivity index (χ1v) is 6.86. The molecule has 0 saturated heterocycles. The second-order valence-electron chi connectivity index (χ2n) is 5.04. The summed E-state index contributed by atoms with van der Waals surface area (Å²) in [6, 6.07) is 12.4. The maximum absolute atomic E-state index is 8.91. The van der Waals surface area contributed by atoms with Gasteiger partial charge in [0, 0.05) is 29.2 Å². The van der Waals surface area contributed by atoms with Crippen LogP contribution in [-0.2, 0) is 0 Å². The maximum Gasteiger partial charge on any atom is 0.170 e. The van der Waals surface area contributed by atoms with Crippen molar-refractivity contribution in [3.05, 3.63) is 42.0 Å². The first-order chi connectivity index (χ1) is 9.60. The summed E-state index contributed by atoms with van der Waals surface area (Å²) in [7, 11) is 0. The number of nitrogens with two attached hydrogens (primary N) is 1. The van der Waals surface area contributed by atoms with Crippen LogP contribution in [0.15, 0.2) is 41.6 Å². The number of benzene rings is 2. The Hall–Kier alpha value is -2.23. The van der Waals surface area contributed by atoms with E-state index in [4.69, 9.17) is 10.9 Å². The zero-order valence-corrected chi connectivity index (χ0v) is 12.2. The first kappa shape index (κ1) is 14.2. The number of hydrogen-bond donors (Lipinski definition) is 2. The van der Waals surface area contributed by atoms with E-state index in [2.05, 4.69) is 36.9 Å². The Morgan fingerprint density at radius 3 is 2.40 bits per heavy atom. The van der Waals surface area contributed by atoms with E-state index in [9.17, 15) is 0 Å². The standard InChI is InChI=1S/C16H21N3O/c1-4-19(11(2)3)15-10-9-14(16(17)18-20)12-7-5-6-8-13(12)15/h5-11,20H,4H2,1-3H3,(H2,17,18). The normalized spacial score (nSPS) is 12.1. The highest BCUT2D eigenvalue weighted by Gasteiger charge is 2.14. The molecule has 4 nitrogen and oxygen atoms in total. The van der Waals surface area contributed by atoms with Crippen molar-refractivity contribution in [3.8, 4) is 0 Å². The smallest absolute Gasteiger partial charge is 0.170 e. The molecule has 0 amide bonds. The van der Waals surface area contributed by atoms with Gasteiger partial charge in [0.25, 0.3) is 0 Å². The van der Waals surface area contributed by atoms with Gasteiger partial charge >= 0.3 is 0 Å². The van der Waals surface area contributed by atoms with E-state index in [1.165, 1.54) is 5.69 Å². The summed E-state index contributed by atoms with van der Waals surface area (Å²) >= 11 is 0. The number of oxime groups is 1. The average Bonchev–Trinajstić information content (AvgIpc) is 2.47. The molecule has 0 spiro atoms. The molecule has 0 aliphatic rings. The van der Waals surface area contributed by atoms with Gasteiger partial charge in [0.2, 0.25) is 0 Å². The molecule has 4 heteroatoms. The molecule has 0 heterocycles. The highest BCUT2D eigenvalue weighted by molar-refractivity contribution is 6.11. The molecule has 3 N–H and O–H groups in total. The van der Waals surface area contributed by atoms with Crippen molar-refractivity contribution in [1.29, 1.82) is 0 Å². The number of nitrogens with zero attached hydrogens (tertiary/aromatic N) is 2. The fourth-order valence-corrected chi connectivity index (χ4v) is 2.62. The van der Waals surface area contributed by atoms with Crippen molar-refractivity contribution in [3.63, 3.8) is 0 Å². The topological polar surface area (TPSA) is 61.8 Å². The Morgan fingerprint density at radius 1 is 1.20 bits per heavy atom. The third-order valence-corrected chi connectivity index (χ3v) is 3.56. The van der Waals surface area contributed by atoms with Crippen LogP contribution in [0.1, 0.15) is 26.3 Å². The minimum Gasteiger partial charge on any atom is -0.409 e. The van der Waals surface area contributed by atoms with E-state index in [0.29, 0.717) is 6.04 Å². The van der Waals surface area contributed by atoms with Gasteiger partial charge in [0.1, 0.15) is 0 Å². The summed E-state index contributed by atoms with van der Waals surface area (Å²) < 4.78 is 0. The van der Waals surface area contributed by atoms with Gasteiger partial charge in [-0.25, -0.2) is 0 Å². The van der Waals surface area contributed by atoms with Crippen molar-refractivity contribution < 1.29 is 5.21 Å². The van der Waals surface area contributed by atoms with Gasteiger partial charge in [-0.2, -0.15) is 0 Å². The molecule has 0 unspecified atom stereocenters. The van der Waals surface area contributed by atoms with Gasteiger partial charge in [0.15, 0.2) is 5.84 Å². The van der Waals surface area contributed by atoms with Gasteiger partial charge < -0.3 is 15.8 Å². The van der Waals surface area contributed by atoms with Crippen molar-refractivity contribution >= 4 is 22.3 Å². The lowest BCUT2D eigenvalue weighted by Gasteiger charge is -2.29. The second kappa shape index (κ2) is 5.82. The lowest BCUT2D eigenvalue weighted by Crippen LogP contribution is -2.30. The summed E-state index contributed by atoms with van der Waals surface area (Å²) in [5.74, 6) is 0.139. The predicted molar refractivity (Wildman–Crippen MR) is 84.6 cm³/mol.